The van der Waals surface area contributed by atoms with Crippen molar-refractivity contribution in [3.63, 3.8) is 0 Å². The first-order valence-corrected chi connectivity index (χ1v) is 6.84. The van der Waals surface area contributed by atoms with Gasteiger partial charge in [-0.05, 0) is 25.3 Å². The molecule has 0 radical (unpaired) electrons. The molecule has 1 fully saturated rings. The lowest BCUT2D eigenvalue weighted by molar-refractivity contribution is 0.477. The molecule has 0 aromatic carbocycles. The van der Waals surface area contributed by atoms with Crippen LogP contribution in [0.2, 0.25) is 0 Å². The van der Waals surface area contributed by atoms with Gasteiger partial charge in [-0.2, -0.15) is 0 Å². The molecule has 0 amide bonds. The summed E-state index contributed by atoms with van der Waals surface area (Å²) < 4.78 is 0. The molecule has 1 heterocycles. The molecule has 1 aliphatic carbocycles. The Morgan fingerprint density at radius 2 is 2.33 bits per heavy atom. The van der Waals surface area contributed by atoms with E-state index in [1.165, 1.54) is 37.2 Å². The first-order chi connectivity index (χ1) is 7.36. The molecule has 1 aromatic rings. The molecule has 1 N–H and O–H groups in total. The van der Waals surface area contributed by atoms with Crippen molar-refractivity contribution in [2.24, 2.45) is 5.92 Å². The zero-order valence-corrected chi connectivity index (χ0v) is 10.2. The van der Waals surface area contributed by atoms with Crippen LogP contribution in [0.4, 0.5) is 0 Å². The number of hydrogen-bond acceptors (Lipinski definition) is 3. The van der Waals surface area contributed by atoms with Gasteiger partial charge in [0.1, 0.15) is 0 Å². The maximum atomic E-state index is 4.35. The van der Waals surface area contributed by atoms with Crippen LogP contribution in [0.3, 0.4) is 0 Å². The molecule has 0 saturated heterocycles. The lowest BCUT2D eigenvalue weighted by atomic mass is 10.1. The number of rotatable bonds is 5. The van der Waals surface area contributed by atoms with Crippen molar-refractivity contribution < 1.29 is 0 Å². The van der Waals surface area contributed by atoms with E-state index < -0.39 is 0 Å². The van der Waals surface area contributed by atoms with Crippen molar-refractivity contribution in [1.29, 1.82) is 0 Å². The van der Waals surface area contributed by atoms with Crippen molar-refractivity contribution in [2.75, 3.05) is 13.1 Å². The predicted octanol–water partition coefficient (Wildman–Crippen LogP) is 3.03. The molecule has 0 aliphatic heterocycles. The second-order valence-corrected chi connectivity index (χ2v) is 5.51. The van der Waals surface area contributed by atoms with Crippen molar-refractivity contribution in [3.8, 4) is 0 Å². The zero-order valence-electron chi connectivity index (χ0n) is 9.41. The first-order valence-electron chi connectivity index (χ1n) is 5.96. The standard InChI is InChI=1S/C12H20N2S/c1-10(12-14-6-7-15-12)8-13-9-11-4-2-3-5-11/h6-7,10-11,13H,2-5,8-9H2,1H3. The third-order valence-corrected chi connectivity index (χ3v) is 4.24. The molecule has 2 rings (SSSR count). The Bertz CT molecular complexity index is 265. The average Bonchev–Trinajstić information content (AvgIpc) is 2.90. The second kappa shape index (κ2) is 5.61. The minimum Gasteiger partial charge on any atom is -0.316 e. The lowest BCUT2D eigenvalue weighted by Gasteiger charge is -2.13. The van der Waals surface area contributed by atoms with Crippen LogP contribution in [0.25, 0.3) is 0 Å². The smallest absolute Gasteiger partial charge is 0.0965 e. The third kappa shape index (κ3) is 3.28. The number of nitrogens with one attached hydrogen (secondary N) is 1. The topological polar surface area (TPSA) is 24.9 Å². The molecular formula is C12H20N2S. The van der Waals surface area contributed by atoms with Crippen LogP contribution in [0, 0.1) is 5.92 Å². The van der Waals surface area contributed by atoms with Gasteiger partial charge < -0.3 is 5.32 Å². The Labute approximate surface area is 96.1 Å². The van der Waals surface area contributed by atoms with E-state index in [0.717, 1.165) is 12.5 Å². The largest absolute Gasteiger partial charge is 0.316 e. The van der Waals surface area contributed by atoms with Gasteiger partial charge in [-0.25, -0.2) is 4.98 Å². The molecule has 84 valence electrons. The van der Waals surface area contributed by atoms with Crippen LogP contribution in [-0.4, -0.2) is 18.1 Å². The molecule has 1 aromatic heterocycles. The van der Waals surface area contributed by atoms with Crippen molar-refractivity contribution in [3.05, 3.63) is 16.6 Å². The van der Waals surface area contributed by atoms with Gasteiger partial charge in [-0.3, -0.25) is 0 Å². The lowest BCUT2D eigenvalue weighted by Crippen LogP contribution is -2.25. The summed E-state index contributed by atoms with van der Waals surface area (Å²) in [5.41, 5.74) is 0. The minimum absolute atomic E-state index is 0.561. The zero-order chi connectivity index (χ0) is 10.5. The molecule has 3 heteroatoms. The number of hydrogen-bond donors (Lipinski definition) is 1. The van der Waals surface area contributed by atoms with Crippen LogP contribution < -0.4 is 5.32 Å². The fraction of sp³-hybridized carbons (Fsp3) is 0.750. The van der Waals surface area contributed by atoms with Gasteiger partial charge in [0.05, 0.1) is 5.01 Å². The van der Waals surface area contributed by atoms with Gasteiger partial charge in [-0.15, -0.1) is 11.3 Å². The highest BCUT2D eigenvalue weighted by atomic mass is 32.1. The fourth-order valence-electron chi connectivity index (χ4n) is 2.28. The highest BCUT2D eigenvalue weighted by molar-refractivity contribution is 7.09. The first kappa shape index (κ1) is 11.1. The molecule has 1 aliphatic rings. The monoisotopic (exact) mass is 224 g/mol. The number of thiazole rings is 1. The van der Waals surface area contributed by atoms with E-state index in [-0.39, 0.29) is 0 Å². The molecule has 0 spiro atoms. The van der Waals surface area contributed by atoms with Gasteiger partial charge in [0, 0.05) is 24.0 Å². The van der Waals surface area contributed by atoms with E-state index >= 15 is 0 Å². The van der Waals surface area contributed by atoms with Crippen molar-refractivity contribution in [1.82, 2.24) is 10.3 Å². The van der Waals surface area contributed by atoms with E-state index in [1.54, 1.807) is 11.3 Å². The molecule has 1 unspecified atom stereocenters. The summed E-state index contributed by atoms with van der Waals surface area (Å²) in [5.74, 6) is 1.50. The van der Waals surface area contributed by atoms with E-state index in [4.69, 9.17) is 0 Å². The summed E-state index contributed by atoms with van der Waals surface area (Å²) >= 11 is 1.76. The SMILES string of the molecule is CC(CNCC1CCCC1)c1nccs1. The van der Waals surface area contributed by atoms with Crippen LogP contribution in [0.5, 0.6) is 0 Å². The maximum absolute atomic E-state index is 4.35. The molecule has 1 saturated carbocycles. The van der Waals surface area contributed by atoms with E-state index in [0.29, 0.717) is 5.92 Å². The Kier molecular flexibility index (Phi) is 4.15. The van der Waals surface area contributed by atoms with E-state index in [2.05, 4.69) is 22.6 Å². The number of aromatic nitrogens is 1. The van der Waals surface area contributed by atoms with Gasteiger partial charge in [0.15, 0.2) is 0 Å². The quantitative estimate of drug-likeness (QED) is 0.831. The Balaban J connectivity index is 1.65. The van der Waals surface area contributed by atoms with Crippen molar-refractivity contribution in [2.45, 2.75) is 38.5 Å². The van der Waals surface area contributed by atoms with Gasteiger partial charge in [0.25, 0.3) is 0 Å². The van der Waals surface area contributed by atoms with Crippen molar-refractivity contribution >= 4 is 11.3 Å². The van der Waals surface area contributed by atoms with E-state index in [9.17, 15) is 0 Å². The van der Waals surface area contributed by atoms with Gasteiger partial charge >= 0.3 is 0 Å². The normalized spacial score (nSPS) is 19.5. The van der Waals surface area contributed by atoms with Crippen LogP contribution in [-0.2, 0) is 0 Å². The molecular weight excluding hydrogens is 204 g/mol. The third-order valence-electron chi connectivity index (χ3n) is 3.23. The summed E-state index contributed by atoms with van der Waals surface area (Å²) in [6.07, 6.45) is 7.63. The summed E-state index contributed by atoms with van der Waals surface area (Å²) in [4.78, 5) is 4.35. The Morgan fingerprint density at radius 1 is 1.53 bits per heavy atom. The summed E-state index contributed by atoms with van der Waals surface area (Å²) in [5, 5.41) is 6.90. The van der Waals surface area contributed by atoms with E-state index in [1.807, 2.05) is 6.20 Å². The van der Waals surface area contributed by atoms with Crippen LogP contribution in [0.1, 0.15) is 43.5 Å². The Hall–Kier alpha value is -0.410. The molecule has 2 nitrogen and oxygen atoms in total. The molecule has 0 bridgehead atoms. The predicted molar refractivity (Wildman–Crippen MR) is 65.4 cm³/mol. The fourth-order valence-corrected chi connectivity index (χ4v) is 2.98. The summed E-state index contributed by atoms with van der Waals surface area (Å²) in [6.45, 7) is 4.53. The van der Waals surface area contributed by atoms with Crippen LogP contribution >= 0.6 is 11.3 Å². The van der Waals surface area contributed by atoms with Crippen LogP contribution in [0.15, 0.2) is 11.6 Å². The van der Waals surface area contributed by atoms with Gasteiger partial charge in [-0.1, -0.05) is 19.8 Å². The molecule has 15 heavy (non-hydrogen) atoms. The molecule has 1 atom stereocenters. The number of nitrogens with zero attached hydrogens (tertiary/aromatic N) is 1. The Morgan fingerprint density at radius 3 is 3.00 bits per heavy atom. The maximum Gasteiger partial charge on any atom is 0.0965 e. The highest BCUT2D eigenvalue weighted by Crippen LogP contribution is 2.24. The average molecular weight is 224 g/mol. The highest BCUT2D eigenvalue weighted by Gasteiger charge is 2.15. The summed E-state index contributed by atoms with van der Waals surface area (Å²) in [6, 6.07) is 0. The second-order valence-electron chi connectivity index (χ2n) is 4.58. The summed E-state index contributed by atoms with van der Waals surface area (Å²) in [7, 11) is 0. The van der Waals surface area contributed by atoms with Gasteiger partial charge in [0.2, 0.25) is 0 Å². The minimum atomic E-state index is 0.561.